The van der Waals surface area contributed by atoms with E-state index in [0.717, 1.165) is 24.2 Å². The van der Waals surface area contributed by atoms with Crippen LogP contribution in [0.2, 0.25) is 0 Å². The van der Waals surface area contributed by atoms with Gasteiger partial charge in [0.25, 0.3) is 5.91 Å². The van der Waals surface area contributed by atoms with Gasteiger partial charge < -0.3 is 18.6 Å². The fourth-order valence-corrected chi connectivity index (χ4v) is 5.59. The molecule has 0 saturated carbocycles. The van der Waals surface area contributed by atoms with Gasteiger partial charge in [-0.05, 0) is 50.1 Å². The summed E-state index contributed by atoms with van der Waals surface area (Å²) in [7, 11) is 1.54. The maximum atomic E-state index is 13.9. The first-order valence-electron chi connectivity index (χ1n) is 12.7. The van der Waals surface area contributed by atoms with Crippen molar-refractivity contribution in [2.45, 2.75) is 39.7 Å². The highest BCUT2D eigenvalue weighted by atomic mass is 32.1. The molecule has 9 nitrogen and oxygen atoms in total. The van der Waals surface area contributed by atoms with Crippen molar-refractivity contribution in [1.82, 2.24) is 4.98 Å². The van der Waals surface area contributed by atoms with Crippen LogP contribution in [-0.4, -0.2) is 37.2 Å². The van der Waals surface area contributed by atoms with Crippen molar-refractivity contribution in [3.63, 3.8) is 0 Å². The lowest BCUT2D eigenvalue weighted by atomic mass is 9.98. The minimum Gasteiger partial charge on any atom is -0.493 e. The maximum absolute atomic E-state index is 13.9. The molecule has 1 aliphatic heterocycles. The lowest BCUT2D eigenvalue weighted by Gasteiger charge is -2.23. The van der Waals surface area contributed by atoms with E-state index in [1.165, 1.54) is 12.0 Å². The predicted octanol–water partition coefficient (Wildman–Crippen LogP) is 5.67. The summed E-state index contributed by atoms with van der Waals surface area (Å²) >= 11 is 1.03. The van der Waals surface area contributed by atoms with E-state index in [1.807, 2.05) is 0 Å². The van der Waals surface area contributed by atoms with Gasteiger partial charge in [0, 0.05) is 0 Å². The molecule has 0 radical (unpaired) electrons. The molecule has 3 heterocycles. The number of esters is 1. The van der Waals surface area contributed by atoms with Gasteiger partial charge in [0.05, 0.1) is 43.0 Å². The first kappa shape index (κ1) is 26.4. The summed E-state index contributed by atoms with van der Waals surface area (Å²) in [6, 6.07) is 11.3. The number of aromatic nitrogens is 1. The quantitative estimate of drug-likeness (QED) is 0.194. The van der Waals surface area contributed by atoms with Gasteiger partial charge in [-0.15, -0.1) is 0 Å². The second-order valence-electron chi connectivity index (χ2n) is 8.99. The minimum absolute atomic E-state index is 0.0588. The lowest BCUT2D eigenvalue weighted by Crippen LogP contribution is -2.29. The van der Waals surface area contributed by atoms with Crippen molar-refractivity contribution >= 4 is 39.3 Å². The number of aryl methyl sites for hydroxylation is 1. The average Bonchev–Trinajstić information content (AvgIpc) is 3.46. The number of benzene rings is 2. The van der Waals surface area contributed by atoms with Crippen LogP contribution < -0.4 is 19.8 Å². The molecule has 1 atom stereocenters. The molecule has 1 aliphatic rings. The van der Waals surface area contributed by atoms with Crippen LogP contribution in [0.25, 0.3) is 11.0 Å². The number of para-hydroxylation sites is 1. The first-order chi connectivity index (χ1) is 18.9. The number of unbranched alkanes of at least 4 members (excludes halogenated alkanes) is 1. The Morgan fingerprint density at radius 3 is 2.67 bits per heavy atom. The van der Waals surface area contributed by atoms with E-state index in [1.54, 1.807) is 56.3 Å². The number of nitrogens with zero attached hydrogens (tertiary/aromatic N) is 2. The Kier molecular flexibility index (Phi) is 7.38. The molecule has 0 bridgehead atoms. The van der Waals surface area contributed by atoms with Gasteiger partial charge in [0.2, 0.25) is 5.76 Å². The normalized spacial score (nSPS) is 14.5. The van der Waals surface area contributed by atoms with Crippen LogP contribution in [0, 0.1) is 6.92 Å². The summed E-state index contributed by atoms with van der Waals surface area (Å²) in [5, 5.41) is 0.618. The van der Waals surface area contributed by atoms with Crippen LogP contribution in [0.5, 0.6) is 11.5 Å². The third-order valence-electron chi connectivity index (χ3n) is 6.49. The van der Waals surface area contributed by atoms with Gasteiger partial charge in [-0.2, -0.15) is 0 Å². The Labute approximate surface area is 228 Å². The molecule has 5 rings (SSSR count). The molecule has 0 fully saturated rings. The summed E-state index contributed by atoms with van der Waals surface area (Å²) in [6.45, 7) is 6.22. The van der Waals surface area contributed by atoms with E-state index in [9.17, 15) is 14.4 Å². The lowest BCUT2D eigenvalue weighted by molar-refractivity contribution is 0.0531. The largest absolute Gasteiger partial charge is 0.493 e. The third-order valence-corrected chi connectivity index (χ3v) is 7.63. The summed E-state index contributed by atoms with van der Waals surface area (Å²) in [6.07, 6.45) is 1.88. The SMILES string of the molecule is CCCCOc1ccc([C@H]2c3c(oc4ccccc4c3=O)C(=O)N2c2nc(C)c(C(=O)OCC)s2)cc1OC. The number of thiazole rings is 1. The number of fused-ring (bicyclic) bond motifs is 2. The second-order valence-corrected chi connectivity index (χ2v) is 9.97. The Morgan fingerprint density at radius 2 is 1.92 bits per heavy atom. The number of methoxy groups -OCH3 is 1. The van der Waals surface area contributed by atoms with Gasteiger partial charge in [-0.1, -0.05) is 42.9 Å². The van der Waals surface area contributed by atoms with E-state index in [-0.39, 0.29) is 33.4 Å². The molecular formula is C29H28N2O7S. The molecular weight excluding hydrogens is 520 g/mol. The summed E-state index contributed by atoms with van der Waals surface area (Å²) in [5.41, 5.74) is 1.24. The van der Waals surface area contributed by atoms with Crippen molar-refractivity contribution < 1.29 is 28.2 Å². The van der Waals surface area contributed by atoms with E-state index < -0.39 is 17.9 Å². The van der Waals surface area contributed by atoms with Crippen molar-refractivity contribution in [3.05, 3.63) is 80.1 Å². The number of amides is 1. The van der Waals surface area contributed by atoms with Crippen LogP contribution in [0.15, 0.2) is 51.7 Å². The molecule has 0 N–H and O–H groups in total. The molecule has 4 aromatic rings. The molecule has 10 heteroatoms. The van der Waals surface area contributed by atoms with Gasteiger partial charge in [0.15, 0.2) is 22.1 Å². The molecule has 1 amide bonds. The molecule has 0 saturated heterocycles. The zero-order valence-corrected chi connectivity index (χ0v) is 22.9. The van der Waals surface area contributed by atoms with Crippen LogP contribution in [0.1, 0.15) is 69.8 Å². The van der Waals surface area contributed by atoms with E-state index in [4.69, 9.17) is 18.6 Å². The topological polar surface area (TPSA) is 108 Å². The molecule has 2 aromatic carbocycles. The van der Waals surface area contributed by atoms with E-state index in [0.29, 0.717) is 40.3 Å². The zero-order valence-electron chi connectivity index (χ0n) is 22.1. The Morgan fingerprint density at radius 1 is 1.13 bits per heavy atom. The van der Waals surface area contributed by atoms with Crippen LogP contribution in [0.4, 0.5) is 5.13 Å². The van der Waals surface area contributed by atoms with E-state index >= 15 is 0 Å². The average molecular weight is 549 g/mol. The van der Waals surface area contributed by atoms with E-state index in [2.05, 4.69) is 11.9 Å². The molecule has 0 spiro atoms. The van der Waals surface area contributed by atoms with Crippen molar-refractivity contribution in [1.29, 1.82) is 0 Å². The number of carbonyl (C=O) groups excluding carboxylic acids is 2. The number of rotatable bonds is 9. The first-order valence-corrected chi connectivity index (χ1v) is 13.6. The number of ether oxygens (including phenoxy) is 3. The van der Waals surface area contributed by atoms with Crippen molar-refractivity contribution in [3.8, 4) is 11.5 Å². The van der Waals surface area contributed by atoms with Gasteiger partial charge >= 0.3 is 5.97 Å². The Bertz CT molecular complexity index is 1620. The standard InChI is InChI=1S/C29H28N2O7S/c1-5-7-14-37-20-13-12-17(15-21(20)35-4)23-22-24(32)18-10-8-9-11-19(18)38-25(22)27(33)31(23)29-30-16(3)26(39-29)28(34)36-6-2/h8-13,15,23H,5-7,14H2,1-4H3/t23-/m0/s1. The number of carbonyl (C=O) groups is 2. The molecule has 0 unspecified atom stereocenters. The highest BCUT2D eigenvalue weighted by Gasteiger charge is 2.45. The van der Waals surface area contributed by atoms with Gasteiger partial charge in [0.1, 0.15) is 10.5 Å². The van der Waals surface area contributed by atoms with Crippen molar-refractivity contribution in [2.75, 3.05) is 25.2 Å². The third kappa shape index (κ3) is 4.65. The van der Waals surface area contributed by atoms with Crippen LogP contribution in [0.3, 0.4) is 0 Å². The smallest absolute Gasteiger partial charge is 0.350 e. The Balaban J connectivity index is 1.69. The van der Waals surface area contributed by atoms with Gasteiger partial charge in [-0.3, -0.25) is 14.5 Å². The summed E-state index contributed by atoms with van der Waals surface area (Å²) < 4.78 is 22.7. The molecule has 0 aliphatic carbocycles. The highest BCUT2D eigenvalue weighted by molar-refractivity contribution is 7.17. The molecule has 202 valence electrons. The number of anilines is 1. The summed E-state index contributed by atoms with van der Waals surface area (Å²) in [4.78, 5) is 46.4. The van der Waals surface area contributed by atoms with Crippen molar-refractivity contribution in [2.24, 2.45) is 0 Å². The highest BCUT2D eigenvalue weighted by Crippen LogP contribution is 2.44. The van der Waals surface area contributed by atoms with Crippen LogP contribution in [-0.2, 0) is 4.74 Å². The second kappa shape index (κ2) is 10.9. The summed E-state index contributed by atoms with van der Waals surface area (Å²) in [5.74, 6) is -0.0708. The maximum Gasteiger partial charge on any atom is 0.350 e. The predicted molar refractivity (Wildman–Crippen MR) is 147 cm³/mol. The fourth-order valence-electron chi connectivity index (χ4n) is 4.60. The van der Waals surface area contributed by atoms with Gasteiger partial charge in [-0.25, -0.2) is 9.78 Å². The number of hydrogen-bond donors (Lipinski definition) is 0. The zero-order chi connectivity index (χ0) is 27.7. The molecule has 39 heavy (non-hydrogen) atoms. The number of hydrogen-bond acceptors (Lipinski definition) is 9. The fraction of sp³-hybridized carbons (Fsp3) is 0.310. The molecule has 2 aromatic heterocycles. The monoisotopic (exact) mass is 548 g/mol. The van der Waals surface area contributed by atoms with Crippen LogP contribution >= 0.6 is 11.3 Å². The minimum atomic E-state index is -0.868. The Hall–Kier alpha value is -4.18.